The van der Waals surface area contributed by atoms with Gasteiger partial charge in [-0.3, -0.25) is 14.4 Å². The number of aryl methyl sites for hydroxylation is 2. The van der Waals surface area contributed by atoms with Gasteiger partial charge in [0.15, 0.2) is 0 Å². The van der Waals surface area contributed by atoms with Crippen molar-refractivity contribution >= 4 is 29.1 Å². The van der Waals surface area contributed by atoms with Crippen LogP contribution < -0.4 is 10.2 Å². The number of para-hydroxylation sites is 1. The minimum absolute atomic E-state index is 0.105. The predicted molar refractivity (Wildman–Crippen MR) is 118 cm³/mol. The van der Waals surface area contributed by atoms with Gasteiger partial charge in [0, 0.05) is 11.3 Å². The molecule has 2 aromatic rings. The summed E-state index contributed by atoms with van der Waals surface area (Å²) in [4.78, 5) is 41.0. The van der Waals surface area contributed by atoms with E-state index in [1.54, 1.807) is 24.3 Å². The summed E-state index contributed by atoms with van der Waals surface area (Å²) in [5, 5.41) is 2.98. The molecule has 5 aliphatic rings. The molecule has 156 valence electrons. The van der Waals surface area contributed by atoms with Crippen molar-refractivity contribution in [3.8, 4) is 0 Å². The van der Waals surface area contributed by atoms with Crippen molar-refractivity contribution in [1.29, 1.82) is 0 Å². The van der Waals surface area contributed by atoms with Gasteiger partial charge in [0.25, 0.3) is 5.91 Å². The Morgan fingerprint density at radius 3 is 2.10 bits per heavy atom. The molecule has 1 aliphatic heterocycles. The summed E-state index contributed by atoms with van der Waals surface area (Å²) >= 11 is 0. The molecule has 4 aliphatic carbocycles. The molecule has 0 spiro atoms. The lowest BCUT2D eigenvalue weighted by atomic mass is 9.63. The molecule has 2 aromatic carbocycles. The molecular weight excluding hydrogens is 388 g/mol. The van der Waals surface area contributed by atoms with E-state index in [1.807, 2.05) is 32.0 Å². The quantitative estimate of drug-likeness (QED) is 0.609. The molecule has 2 bridgehead atoms. The molecule has 3 fully saturated rings. The second-order valence-corrected chi connectivity index (χ2v) is 9.44. The third-order valence-corrected chi connectivity index (χ3v) is 7.75. The van der Waals surface area contributed by atoms with Crippen LogP contribution >= 0.6 is 0 Å². The molecule has 3 amide bonds. The van der Waals surface area contributed by atoms with Crippen molar-refractivity contribution in [3.63, 3.8) is 0 Å². The fraction of sp³-hybridized carbons (Fsp3) is 0.346. The van der Waals surface area contributed by atoms with E-state index in [0.29, 0.717) is 23.1 Å². The molecule has 5 nitrogen and oxygen atoms in total. The second kappa shape index (κ2) is 6.39. The fourth-order valence-corrected chi connectivity index (χ4v) is 6.20. The fourth-order valence-electron chi connectivity index (χ4n) is 6.20. The lowest BCUT2D eigenvalue weighted by Crippen LogP contribution is -2.40. The molecule has 6 atom stereocenters. The first-order valence-corrected chi connectivity index (χ1v) is 11.0. The van der Waals surface area contributed by atoms with Crippen LogP contribution in [-0.4, -0.2) is 17.7 Å². The third kappa shape index (κ3) is 2.59. The molecule has 5 heteroatoms. The monoisotopic (exact) mass is 412 g/mol. The van der Waals surface area contributed by atoms with Crippen molar-refractivity contribution < 1.29 is 14.4 Å². The lowest BCUT2D eigenvalue weighted by molar-refractivity contribution is -0.124. The van der Waals surface area contributed by atoms with Crippen LogP contribution in [0.25, 0.3) is 0 Å². The van der Waals surface area contributed by atoms with Gasteiger partial charge in [0.2, 0.25) is 11.8 Å². The van der Waals surface area contributed by atoms with Crippen LogP contribution in [0.1, 0.15) is 27.9 Å². The summed E-state index contributed by atoms with van der Waals surface area (Å²) in [6.45, 7) is 3.91. The highest BCUT2D eigenvalue weighted by Gasteiger charge is 2.67. The van der Waals surface area contributed by atoms with Gasteiger partial charge in [0.05, 0.1) is 17.5 Å². The van der Waals surface area contributed by atoms with E-state index in [9.17, 15) is 14.4 Å². The summed E-state index contributed by atoms with van der Waals surface area (Å²) in [5.41, 5.74) is 3.69. The van der Waals surface area contributed by atoms with E-state index in [2.05, 4.69) is 17.5 Å². The van der Waals surface area contributed by atoms with Crippen molar-refractivity contribution in [3.05, 3.63) is 71.3 Å². The van der Waals surface area contributed by atoms with E-state index in [4.69, 9.17) is 0 Å². The van der Waals surface area contributed by atoms with Crippen LogP contribution in [0, 0.1) is 49.4 Å². The second-order valence-electron chi connectivity index (χ2n) is 9.44. The Hall–Kier alpha value is -3.21. The summed E-state index contributed by atoms with van der Waals surface area (Å²) in [6.07, 6.45) is 5.48. The van der Waals surface area contributed by atoms with E-state index in [1.165, 1.54) is 4.90 Å². The van der Waals surface area contributed by atoms with Crippen molar-refractivity contribution in [2.75, 3.05) is 10.2 Å². The Labute approximate surface area is 181 Å². The minimum atomic E-state index is -0.251. The largest absolute Gasteiger partial charge is 0.322 e. The highest BCUT2D eigenvalue weighted by Crippen LogP contribution is 2.65. The Bertz CT molecular complexity index is 1130. The molecule has 0 aromatic heterocycles. The number of hydrogen-bond donors (Lipinski definition) is 1. The maximum absolute atomic E-state index is 13.3. The van der Waals surface area contributed by atoms with Crippen molar-refractivity contribution in [2.45, 2.75) is 20.3 Å². The average Bonchev–Trinajstić information content (AvgIpc) is 3.54. The van der Waals surface area contributed by atoms with Crippen LogP contribution in [-0.2, 0) is 9.59 Å². The van der Waals surface area contributed by atoms with Gasteiger partial charge in [-0.25, -0.2) is 4.90 Å². The molecule has 2 saturated carbocycles. The number of anilines is 2. The number of nitrogens with one attached hydrogen (secondary N) is 1. The Balaban J connectivity index is 1.30. The zero-order valence-corrected chi connectivity index (χ0v) is 17.5. The number of imide groups is 1. The highest BCUT2D eigenvalue weighted by molar-refractivity contribution is 6.23. The molecule has 0 unspecified atom stereocenters. The SMILES string of the molecule is Cc1cccc(C)c1NC(=O)c1cccc(N2C(=O)[C@@H]3[C@H]4C=C[C@H]([C@H]5C[C@H]45)[C@@H]3C2=O)c1. The normalized spacial score (nSPS) is 32.1. The van der Waals surface area contributed by atoms with Crippen molar-refractivity contribution in [2.24, 2.45) is 35.5 Å². The van der Waals surface area contributed by atoms with Gasteiger partial charge >= 0.3 is 0 Å². The number of carbonyl (C=O) groups excluding carboxylic acids is 3. The zero-order valence-electron chi connectivity index (χ0n) is 17.5. The number of carbonyl (C=O) groups is 3. The van der Waals surface area contributed by atoms with E-state index >= 15 is 0 Å². The van der Waals surface area contributed by atoms with Crippen LogP contribution in [0.3, 0.4) is 0 Å². The topological polar surface area (TPSA) is 66.5 Å². The summed E-state index contributed by atoms with van der Waals surface area (Å²) < 4.78 is 0. The molecule has 1 saturated heterocycles. The smallest absolute Gasteiger partial charge is 0.255 e. The maximum atomic E-state index is 13.3. The molecule has 31 heavy (non-hydrogen) atoms. The maximum Gasteiger partial charge on any atom is 0.255 e. The number of nitrogens with zero attached hydrogens (tertiary/aromatic N) is 1. The minimum Gasteiger partial charge on any atom is -0.322 e. The van der Waals surface area contributed by atoms with Crippen LogP contribution in [0.2, 0.25) is 0 Å². The highest BCUT2D eigenvalue weighted by atomic mass is 16.2. The first-order valence-electron chi connectivity index (χ1n) is 11.0. The first-order chi connectivity index (χ1) is 15.0. The van der Waals surface area contributed by atoms with E-state index in [0.717, 1.165) is 23.2 Å². The third-order valence-electron chi connectivity index (χ3n) is 7.75. The summed E-state index contributed by atoms with van der Waals surface area (Å²) in [6, 6.07) is 12.7. The van der Waals surface area contributed by atoms with Gasteiger partial charge < -0.3 is 5.32 Å². The van der Waals surface area contributed by atoms with Gasteiger partial charge in [-0.2, -0.15) is 0 Å². The molecular formula is C26H24N2O3. The Kier molecular flexibility index (Phi) is 3.83. The van der Waals surface area contributed by atoms with Gasteiger partial charge in [0.1, 0.15) is 0 Å². The standard InChI is InChI=1S/C26H24N2O3/c1-13-5-3-6-14(2)23(13)27-24(29)15-7-4-8-16(11-15)28-25(30)21-17-9-10-18(20-12-19(17)20)22(21)26(28)31/h3-11,17-22H,12H2,1-2H3,(H,27,29)/t17-,18+,19-,20-,21+,22-/m1/s1. The van der Waals surface area contributed by atoms with Gasteiger partial charge in [-0.15, -0.1) is 0 Å². The molecule has 7 rings (SSSR count). The van der Waals surface area contributed by atoms with Crippen LogP contribution in [0.4, 0.5) is 11.4 Å². The molecule has 1 heterocycles. The van der Waals surface area contributed by atoms with Gasteiger partial charge in [-0.1, -0.05) is 36.4 Å². The number of allylic oxidation sites excluding steroid dienone is 2. The first kappa shape index (κ1) is 18.6. The van der Waals surface area contributed by atoms with E-state index < -0.39 is 0 Å². The predicted octanol–water partition coefficient (Wildman–Crippen LogP) is 4.11. The lowest BCUT2D eigenvalue weighted by Gasteiger charge is -2.37. The Morgan fingerprint density at radius 2 is 1.48 bits per heavy atom. The van der Waals surface area contributed by atoms with Crippen molar-refractivity contribution in [1.82, 2.24) is 0 Å². The Morgan fingerprint density at radius 1 is 0.903 bits per heavy atom. The van der Waals surface area contributed by atoms with Gasteiger partial charge in [-0.05, 0) is 73.3 Å². The summed E-state index contributed by atoms with van der Waals surface area (Å²) in [5.74, 6) is 0.591. The summed E-state index contributed by atoms with van der Waals surface area (Å²) in [7, 11) is 0. The average molecular weight is 412 g/mol. The molecule has 1 N–H and O–H groups in total. The number of amides is 3. The number of benzene rings is 2. The van der Waals surface area contributed by atoms with Crippen LogP contribution in [0.15, 0.2) is 54.6 Å². The molecule has 0 radical (unpaired) electrons. The number of hydrogen-bond acceptors (Lipinski definition) is 3. The van der Waals surface area contributed by atoms with E-state index in [-0.39, 0.29) is 41.4 Å². The number of rotatable bonds is 3. The zero-order chi connectivity index (χ0) is 21.4. The van der Waals surface area contributed by atoms with Crippen LogP contribution in [0.5, 0.6) is 0 Å².